The normalized spacial score (nSPS) is 15.3. The van der Waals surface area contributed by atoms with E-state index in [1.54, 1.807) is 18.2 Å². The fourth-order valence-corrected chi connectivity index (χ4v) is 5.75. The average Bonchev–Trinajstić information content (AvgIpc) is 3.23. The van der Waals surface area contributed by atoms with Crippen LogP contribution in [-0.4, -0.2) is 63.9 Å². The molecular formula is C22H22FN7O2S. The van der Waals surface area contributed by atoms with Gasteiger partial charge in [-0.25, -0.2) is 22.8 Å². The smallest absolute Gasteiger partial charge is 0.243 e. The number of rotatable bonds is 4. The van der Waals surface area contributed by atoms with Crippen molar-refractivity contribution in [2.75, 3.05) is 31.1 Å². The minimum absolute atomic E-state index is 0.319. The lowest BCUT2D eigenvalue weighted by Gasteiger charge is -2.34. The van der Waals surface area contributed by atoms with Crippen LogP contribution < -0.4 is 4.90 Å². The second-order valence-electron chi connectivity index (χ2n) is 8.01. The summed E-state index contributed by atoms with van der Waals surface area (Å²) in [6.45, 7) is 5.29. The van der Waals surface area contributed by atoms with Crippen LogP contribution in [0.3, 0.4) is 0 Å². The number of sulfonamides is 1. The third-order valence-electron chi connectivity index (χ3n) is 5.76. The number of hydrogen-bond acceptors (Lipinski definition) is 7. The lowest BCUT2D eigenvalue weighted by molar-refractivity contribution is 0.384. The van der Waals surface area contributed by atoms with Crippen LogP contribution in [0.4, 0.5) is 10.2 Å². The van der Waals surface area contributed by atoms with Gasteiger partial charge in [-0.3, -0.25) is 0 Å². The van der Waals surface area contributed by atoms with Crippen molar-refractivity contribution in [3.63, 3.8) is 0 Å². The van der Waals surface area contributed by atoms with Gasteiger partial charge in [-0.1, -0.05) is 29.0 Å². The third kappa shape index (κ3) is 3.83. The summed E-state index contributed by atoms with van der Waals surface area (Å²) in [4.78, 5) is 11.0. The summed E-state index contributed by atoms with van der Waals surface area (Å²) in [6, 6.07) is 11.4. The number of fused-ring (bicyclic) bond motifs is 1. The molecule has 0 atom stereocenters. The Morgan fingerprint density at radius 3 is 2.48 bits per heavy atom. The molecule has 0 saturated carbocycles. The molecular weight excluding hydrogens is 445 g/mol. The first-order valence-corrected chi connectivity index (χ1v) is 11.9. The Morgan fingerprint density at radius 1 is 0.970 bits per heavy atom. The topological polar surface area (TPSA) is 97.1 Å². The maximum Gasteiger partial charge on any atom is 0.243 e. The van der Waals surface area contributed by atoms with E-state index in [1.807, 2.05) is 30.9 Å². The van der Waals surface area contributed by atoms with Crippen LogP contribution in [0.1, 0.15) is 11.1 Å². The summed E-state index contributed by atoms with van der Waals surface area (Å²) in [6.07, 6.45) is 1.41. The van der Waals surface area contributed by atoms with E-state index in [1.165, 1.54) is 27.4 Å². The molecule has 3 heterocycles. The zero-order valence-electron chi connectivity index (χ0n) is 18.2. The van der Waals surface area contributed by atoms with E-state index in [-0.39, 0.29) is 5.82 Å². The van der Waals surface area contributed by atoms with Crippen molar-refractivity contribution in [3.05, 3.63) is 65.7 Å². The molecule has 0 aliphatic carbocycles. The van der Waals surface area contributed by atoms with Crippen molar-refractivity contribution in [1.82, 2.24) is 29.3 Å². The number of hydrogen-bond donors (Lipinski definition) is 0. The predicted octanol–water partition coefficient (Wildman–Crippen LogP) is 2.48. The number of aryl methyl sites for hydroxylation is 2. The molecule has 0 N–H and O–H groups in total. The standard InChI is InChI=1S/C22H22FN7O2S/c1-15-6-7-19(16(2)12-15)33(31,32)29-10-8-28(9-11-29)21-20-22(25-14-24-21)30(27-26-20)18-5-3-4-17(23)13-18/h3-7,12-14H,8-11H2,1-2H3. The fourth-order valence-electron chi connectivity index (χ4n) is 4.12. The minimum Gasteiger partial charge on any atom is -0.352 e. The van der Waals surface area contributed by atoms with E-state index in [9.17, 15) is 12.8 Å². The van der Waals surface area contributed by atoms with Gasteiger partial charge < -0.3 is 4.90 Å². The molecule has 1 aliphatic heterocycles. The van der Waals surface area contributed by atoms with Crippen LogP contribution in [0.25, 0.3) is 16.9 Å². The van der Waals surface area contributed by atoms with Crippen LogP contribution in [0.15, 0.2) is 53.7 Å². The molecule has 1 fully saturated rings. The summed E-state index contributed by atoms with van der Waals surface area (Å²) in [5.74, 6) is 0.192. The predicted molar refractivity (Wildman–Crippen MR) is 121 cm³/mol. The van der Waals surface area contributed by atoms with Gasteiger partial charge >= 0.3 is 0 Å². The van der Waals surface area contributed by atoms with Crippen molar-refractivity contribution >= 4 is 27.0 Å². The summed E-state index contributed by atoms with van der Waals surface area (Å²) in [7, 11) is -3.59. The lowest BCUT2D eigenvalue weighted by Crippen LogP contribution is -2.49. The summed E-state index contributed by atoms with van der Waals surface area (Å²) in [5.41, 5.74) is 3.20. The molecule has 0 radical (unpaired) electrons. The maximum atomic E-state index is 13.7. The van der Waals surface area contributed by atoms with Crippen LogP contribution in [0.2, 0.25) is 0 Å². The highest BCUT2D eigenvalue weighted by Crippen LogP contribution is 2.26. The highest BCUT2D eigenvalue weighted by atomic mass is 32.2. The van der Waals surface area contributed by atoms with Crippen LogP contribution in [-0.2, 0) is 10.0 Å². The fraction of sp³-hybridized carbons (Fsp3) is 0.273. The Kier molecular flexibility index (Phi) is 5.29. The number of halogens is 1. The van der Waals surface area contributed by atoms with E-state index >= 15 is 0 Å². The number of aromatic nitrogens is 5. The van der Waals surface area contributed by atoms with Gasteiger partial charge in [-0.05, 0) is 43.7 Å². The van der Waals surface area contributed by atoms with Gasteiger partial charge in [0.15, 0.2) is 17.0 Å². The minimum atomic E-state index is -3.59. The molecule has 0 spiro atoms. The van der Waals surface area contributed by atoms with Crippen LogP contribution in [0, 0.1) is 19.7 Å². The summed E-state index contributed by atoms with van der Waals surface area (Å²) in [5, 5.41) is 8.36. The Balaban J connectivity index is 1.40. The van der Waals surface area contributed by atoms with Gasteiger partial charge in [0.25, 0.3) is 0 Å². The van der Waals surface area contributed by atoms with Crippen molar-refractivity contribution in [2.24, 2.45) is 0 Å². The van der Waals surface area contributed by atoms with E-state index in [0.717, 1.165) is 11.1 Å². The van der Waals surface area contributed by atoms with Gasteiger partial charge in [0.05, 0.1) is 10.6 Å². The molecule has 9 nitrogen and oxygen atoms in total. The Labute approximate surface area is 190 Å². The zero-order chi connectivity index (χ0) is 23.2. The van der Waals surface area contributed by atoms with Crippen molar-refractivity contribution in [2.45, 2.75) is 18.7 Å². The van der Waals surface area contributed by atoms with Crippen molar-refractivity contribution < 1.29 is 12.8 Å². The Hall–Kier alpha value is -3.44. The first-order valence-electron chi connectivity index (χ1n) is 10.5. The molecule has 1 saturated heterocycles. The monoisotopic (exact) mass is 467 g/mol. The first-order chi connectivity index (χ1) is 15.8. The SMILES string of the molecule is Cc1ccc(S(=O)(=O)N2CCN(c3ncnc4c3nnn4-c3cccc(F)c3)CC2)c(C)c1. The molecule has 5 rings (SSSR count). The summed E-state index contributed by atoms with van der Waals surface area (Å²) < 4.78 is 43.0. The molecule has 2 aromatic heterocycles. The number of anilines is 1. The molecule has 0 amide bonds. The number of piperazine rings is 1. The second kappa shape index (κ2) is 8.16. The number of nitrogens with zero attached hydrogens (tertiary/aromatic N) is 7. The Bertz CT molecular complexity index is 1450. The van der Waals surface area contributed by atoms with Gasteiger partial charge in [0, 0.05) is 26.2 Å². The van der Waals surface area contributed by atoms with Gasteiger partial charge in [0.2, 0.25) is 10.0 Å². The molecule has 1 aliphatic rings. The zero-order valence-corrected chi connectivity index (χ0v) is 19.0. The molecule has 11 heteroatoms. The molecule has 0 bridgehead atoms. The average molecular weight is 468 g/mol. The van der Waals surface area contributed by atoms with Crippen LogP contribution in [0.5, 0.6) is 0 Å². The van der Waals surface area contributed by atoms with Gasteiger partial charge in [0.1, 0.15) is 12.1 Å². The maximum absolute atomic E-state index is 13.7. The number of benzene rings is 2. The van der Waals surface area contributed by atoms with Crippen molar-refractivity contribution in [3.8, 4) is 5.69 Å². The second-order valence-corrected chi connectivity index (χ2v) is 9.92. The van der Waals surface area contributed by atoms with E-state index < -0.39 is 10.0 Å². The molecule has 33 heavy (non-hydrogen) atoms. The van der Waals surface area contributed by atoms with E-state index in [4.69, 9.17) is 0 Å². The largest absolute Gasteiger partial charge is 0.352 e. The van der Waals surface area contributed by atoms with Crippen molar-refractivity contribution in [1.29, 1.82) is 0 Å². The highest BCUT2D eigenvalue weighted by molar-refractivity contribution is 7.89. The summed E-state index contributed by atoms with van der Waals surface area (Å²) >= 11 is 0. The molecule has 2 aromatic carbocycles. The lowest BCUT2D eigenvalue weighted by atomic mass is 10.2. The van der Waals surface area contributed by atoms with E-state index in [0.29, 0.717) is 53.7 Å². The Morgan fingerprint density at radius 2 is 1.76 bits per heavy atom. The highest BCUT2D eigenvalue weighted by Gasteiger charge is 2.31. The first kappa shape index (κ1) is 21.4. The van der Waals surface area contributed by atoms with Crippen LogP contribution >= 0.6 is 0 Å². The molecule has 4 aromatic rings. The molecule has 170 valence electrons. The van der Waals surface area contributed by atoms with Gasteiger partial charge in [-0.2, -0.15) is 8.99 Å². The van der Waals surface area contributed by atoms with Gasteiger partial charge in [-0.15, -0.1) is 5.10 Å². The quantitative estimate of drug-likeness (QED) is 0.455. The molecule has 0 unspecified atom stereocenters. The third-order valence-corrected chi connectivity index (χ3v) is 7.82. The van der Waals surface area contributed by atoms with E-state index in [2.05, 4.69) is 20.3 Å².